The highest BCUT2D eigenvalue weighted by molar-refractivity contribution is 7.19. The normalized spacial score (nSPS) is 12.4. The van der Waals surface area contributed by atoms with Crippen molar-refractivity contribution in [3.63, 3.8) is 0 Å². The lowest BCUT2D eigenvalue weighted by Gasteiger charge is -2.52. The Bertz CT molecular complexity index is 1480. The molecule has 0 unspecified atom stereocenters. The molecule has 0 aromatic heterocycles. The van der Waals surface area contributed by atoms with Gasteiger partial charge in [-0.05, 0) is 42.2 Å². The zero-order valence-corrected chi connectivity index (χ0v) is 31.0. The van der Waals surface area contributed by atoms with Crippen LogP contribution in [0.15, 0.2) is 182 Å². The highest BCUT2D eigenvalue weighted by Crippen LogP contribution is 2.31. The van der Waals surface area contributed by atoms with Gasteiger partial charge >= 0.3 is 0 Å². The number of rotatable bonds is 12. The quantitative estimate of drug-likeness (QED) is 0.129. The van der Waals surface area contributed by atoms with Crippen molar-refractivity contribution >= 4 is 56.0 Å². The van der Waals surface area contributed by atoms with E-state index in [1.54, 1.807) is 0 Å². The van der Waals surface area contributed by atoms with Crippen molar-refractivity contribution in [2.75, 3.05) is 0 Å². The Balaban J connectivity index is 1.70. The van der Waals surface area contributed by atoms with E-state index >= 15 is 0 Å². The summed E-state index contributed by atoms with van der Waals surface area (Å²) in [6.45, 7) is 9.80. The smallest absolute Gasteiger partial charge is 0.216 e. The lowest BCUT2D eigenvalue weighted by Crippen LogP contribution is -2.91. The van der Waals surface area contributed by atoms with Crippen molar-refractivity contribution in [3.05, 3.63) is 182 Å². The molecule has 0 spiro atoms. The maximum absolute atomic E-state index is 4.79. The highest BCUT2D eigenvalue weighted by atomic mass is 28.4. The average molecular weight is 663 g/mol. The van der Waals surface area contributed by atoms with Crippen LogP contribution in [-0.4, -0.2) is 24.9 Å². The molecule has 0 aliphatic heterocycles. The standard InChI is InChI=1S/C42H46N2Si3/c1-35(2)47(36(3)4,43-45(37-23-11-5-12-24-37,38-25-13-6-14-26-38)39-27-15-7-16-28-39)44-46(40-29-17-8-18-30-40,41-31-19-9-20-32-41)42-33-21-10-22-34-42/h5-36,43-44H,1-4H3. The SMILES string of the molecule is CC(C)[Si](N[Si](c1ccccc1)(c1ccccc1)c1ccccc1)(N[Si](c1ccccc1)(c1ccccc1)c1ccccc1)C(C)C. The molecule has 0 bridgehead atoms. The van der Waals surface area contributed by atoms with Gasteiger partial charge in [-0.2, -0.15) is 0 Å². The van der Waals surface area contributed by atoms with Crippen LogP contribution in [0, 0.1) is 0 Å². The van der Waals surface area contributed by atoms with Crippen LogP contribution in [0.5, 0.6) is 0 Å². The maximum atomic E-state index is 4.79. The summed E-state index contributed by atoms with van der Waals surface area (Å²) in [5.41, 5.74) is 0.738. The Morgan fingerprint density at radius 1 is 0.298 bits per heavy atom. The van der Waals surface area contributed by atoms with Gasteiger partial charge in [0.25, 0.3) is 0 Å². The van der Waals surface area contributed by atoms with Crippen LogP contribution in [0.25, 0.3) is 0 Å². The minimum absolute atomic E-state index is 0.369. The summed E-state index contributed by atoms with van der Waals surface area (Å²) in [6, 6.07) is 67.7. The fraction of sp³-hybridized carbons (Fsp3) is 0.143. The lowest BCUT2D eigenvalue weighted by molar-refractivity contribution is 0.838. The molecule has 47 heavy (non-hydrogen) atoms. The molecule has 0 heterocycles. The summed E-state index contributed by atoms with van der Waals surface area (Å²) < 4.78 is 9.59. The fourth-order valence-corrected chi connectivity index (χ4v) is 28.8. The van der Waals surface area contributed by atoms with Gasteiger partial charge < -0.3 is 9.30 Å². The predicted molar refractivity (Wildman–Crippen MR) is 210 cm³/mol. The number of hydrogen-bond acceptors (Lipinski definition) is 2. The Morgan fingerprint density at radius 2 is 0.468 bits per heavy atom. The molecule has 236 valence electrons. The van der Waals surface area contributed by atoms with E-state index < -0.39 is 24.9 Å². The third kappa shape index (κ3) is 6.18. The fourth-order valence-electron chi connectivity index (χ4n) is 7.46. The molecular formula is C42H46N2Si3. The number of nitrogens with one attached hydrogen (secondary N) is 2. The van der Waals surface area contributed by atoms with Crippen LogP contribution in [0.4, 0.5) is 0 Å². The first kappa shape index (κ1) is 32.8. The van der Waals surface area contributed by atoms with E-state index in [0.29, 0.717) is 11.1 Å². The van der Waals surface area contributed by atoms with Crippen molar-refractivity contribution in [2.45, 2.75) is 38.8 Å². The molecule has 6 aromatic rings. The monoisotopic (exact) mass is 662 g/mol. The Hall–Kier alpha value is -4.11. The second-order valence-electron chi connectivity index (χ2n) is 13.1. The highest BCUT2D eigenvalue weighted by Gasteiger charge is 2.55. The third-order valence-electron chi connectivity index (χ3n) is 9.85. The van der Waals surface area contributed by atoms with Crippen LogP contribution < -0.4 is 40.4 Å². The molecular weight excluding hydrogens is 617 g/mol. The first-order chi connectivity index (χ1) is 22.9. The molecule has 6 rings (SSSR count). The number of hydrogen-bond donors (Lipinski definition) is 2. The van der Waals surface area contributed by atoms with Crippen molar-refractivity contribution in [3.8, 4) is 0 Å². The van der Waals surface area contributed by atoms with Gasteiger partial charge in [0.1, 0.15) is 0 Å². The van der Waals surface area contributed by atoms with E-state index in [2.05, 4.69) is 210 Å². The van der Waals surface area contributed by atoms with Crippen LogP contribution in [0.1, 0.15) is 27.7 Å². The van der Waals surface area contributed by atoms with Crippen LogP contribution >= 0.6 is 0 Å². The van der Waals surface area contributed by atoms with E-state index in [0.717, 1.165) is 0 Å². The van der Waals surface area contributed by atoms with Gasteiger partial charge in [0.05, 0.1) is 0 Å². The first-order valence-corrected chi connectivity index (χ1v) is 23.0. The molecule has 0 saturated carbocycles. The predicted octanol–water partition coefficient (Wildman–Crippen LogP) is 5.76. The summed E-state index contributed by atoms with van der Waals surface area (Å²) in [5, 5.41) is 8.27. The van der Waals surface area contributed by atoms with Crippen molar-refractivity contribution in [2.24, 2.45) is 0 Å². The molecule has 0 aliphatic rings. The van der Waals surface area contributed by atoms with E-state index in [1.807, 2.05) is 0 Å². The molecule has 0 atom stereocenters. The van der Waals surface area contributed by atoms with Crippen LogP contribution in [0.2, 0.25) is 11.1 Å². The van der Waals surface area contributed by atoms with Crippen molar-refractivity contribution < 1.29 is 0 Å². The molecule has 0 amide bonds. The van der Waals surface area contributed by atoms with Gasteiger partial charge in [-0.25, -0.2) is 0 Å². The molecule has 0 radical (unpaired) electrons. The van der Waals surface area contributed by atoms with E-state index in [1.165, 1.54) is 31.1 Å². The Labute approximate surface area is 284 Å². The summed E-state index contributed by atoms with van der Waals surface area (Å²) in [7, 11) is -8.33. The average Bonchev–Trinajstić information content (AvgIpc) is 3.14. The van der Waals surface area contributed by atoms with Crippen molar-refractivity contribution in [1.29, 1.82) is 0 Å². The Morgan fingerprint density at radius 3 is 0.617 bits per heavy atom. The lowest BCUT2D eigenvalue weighted by atomic mass is 10.3. The summed E-state index contributed by atoms with van der Waals surface area (Å²) >= 11 is 0. The molecule has 0 fully saturated rings. The van der Waals surface area contributed by atoms with Gasteiger partial charge in [-0.15, -0.1) is 0 Å². The van der Waals surface area contributed by atoms with E-state index in [9.17, 15) is 0 Å². The maximum Gasteiger partial charge on any atom is 0.216 e. The molecule has 0 saturated heterocycles. The summed E-state index contributed by atoms with van der Waals surface area (Å²) in [6.07, 6.45) is 0. The molecule has 2 nitrogen and oxygen atoms in total. The van der Waals surface area contributed by atoms with Gasteiger partial charge in [-0.3, -0.25) is 0 Å². The molecule has 2 N–H and O–H groups in total. The van der Waals surface area contributed by atoms with Crippen molar-refractivity contribution in [1.82, 2.24) is 9.30 Å². The summed E-state index contributed by atoms with van der Waals surface area (Å²) in [5.74, 6) is 0. The number of benzene rings is 6. The minimum Gasteiger partial charge on any atom is -0.337 e. The second-order valence-corrected chi connectivity index (χ2v) is 25.6. The van der Waals surface area contributed by atoms with Gasteiger partial charge in [-0.1, -0.05) is 210 Å². The summed E-state index contributed by atoms with van der Waals surface area (Å²) in [4.78, 5) is 0. The Kier molecular flexibility index (Phi) is 10.0. The van der Waals surface area contributed by atoms with Gasteiger partial charge in [0.2, 0.25) is 16.5 Å². The topological polar surface area (TPSA) is 24.1 Å². The largest absolute Gasteiger partial charge is 0.337 e. The van der Waals surface area contributed by atoms with Crippen LogP contribution in [0.3, 0.4) is 0 Å². The molecule has 0 aliphatic carbocycles. The van der Waals surface area contributed by atoms with Gasteiger partial charge in [0.15, 0.2) is 8.40 Å². The first-order valence-electron chi connectivity index (χ1n) is 16.9. The molecule has 5 heteroatoms. The van der Waals surface area contributed by atoms with E-state index in [-0.39, 0.29) is 0 Å². The zero-order valence-electron chi connectivity index (χ0n) is 28.0. The van der Waals surface area contributed by atoms with Gasteiger partial charge in [0, 0.05) is 0 Å². The van der Waals surface area contributed by atoms with E-state index in [4.69, 9.17) is 9.30 Å². The third-order valence-corrected chi connectivity index (χ3v) is 27.0. The second kappa shape index (κ2) is 14.3. The zero-order chi connectivity index (χ0) is 32.7. The molecule has 6 aromatic carbocycles. The van der Waals surface area contributed by atoms with Crippen LogP contribution in [-0.2, 0) is 0 Å². The minimum atomic E-state index is -2.82.